The van der Waals surface area contributed by atoms with E-state index in [4.69, 9.17) is 5.73 Å². The van der Waals surface area contributed by atoms with Gasteiger partial charge in [-0.25, -0.2) is 0 Å². The topological polar surface area (TPSA) is 26.0 Å². The molecular formula is C17H22BrN. The third kappa shape index (κ3) is 1.91. The van der Waals surface area contributed by atoms with Crippen molar-refractivity contribution in [1.29, 1.82) is 0 Å². The first-order valence-corrected chi connectivity index (χ1v) is 8.48. The smallest absolute Gasteiger partial charge is 0.0229 e. The van der Waals surface area contributed by atoms with E-state index in [-0.39, 0.29) is 5.54 Å². The first kappa shape index (κ1) is 12.4. The van der Waals surface area contributed by atoms with Gasteiger partial charge in [0.2, 0.25) is 0 Å². The first-order valence-electron chi connectivity index (χ1n) is 7.69. The Hall–Kier alpha value is -0.340. The minimum Gasteiger partial charge on any atom is -0.325 e. The molecule has 102 valence electrons. The molecule has 0 spiro atoms. The fourth-order valence-corrected chi connectivity index (χ4v) is 5.99. The largest absolute Gasteiger partial charge is 0.325 e. The van der Waals surface area contributed by atoms with E-state index in [1.54, 1.807) is 0 Å². The van der Waals surface area contributed by atoms with Crippen LogP contribution in [-0.4, -0.2) is 5.54 Å². The van der Waals surface area contributed by atoms with E-state index in [2.05, 4.69) is 40.2 Å². The zero-order valence-corrected chi connectivity index (χ0v) is 12.9. The maximum Gasteiger partial charge on any atom is 0.0229 e. The van der Waals surface area contributed by atoms with Crippen molar-refractivity contribution in [3.05, 3.63) is 34.3 Å². The SMILES string of the molecule is NC1(Cc2cccc(Br)c2)CC2CC1C1CCCC21. The van der Waals surface area contributed by atoms with Crippen molar-refractivity contribution < 1.29 is 0 Å². The van der Waals surface area contributed by atoms with Crippen molar-refractivity contribution in [1.82, 2.24) is 0 Å². The summed E-state index contributed by atoms with van der Waals surface area (Å²) in [5.74, 6) is 3.72. The van der Waals surface area contributed by atoms with Crippen LogP contribution in [0.3, 0.4) is 0 Å². The normalized spacial score (nSPS) is 43.7. The fraction of sp³-hybridized carbons (Fsp3) is 0.647. The maximum absolute atomic E-state index is 6.87. The Kier molecular flexibility index (Phi) is 2.82. The number of hydrogen-bond donors (Lipinski definition) is 1. The van der Waals surface area contributed by atoms with Crippen LogP contribution >= 0.6 is 15.9 Å². The van der Waals surface area contributed by atoms with E-state index < -0.39 is 0 Å². The molecule has 1 aromatic rings. The van der Waals surface area contributed by atoms with Gasteiger partial charge in [-0.3, -0.25) is 0 Å². The van der Waals surface area contributed by atoms with Crippen molar-refractivity contribution in [2.24, 2.45) is 29.4 Å². The number of fused-ring (bicyclic) bond motifs is 5. The average molecular weight is 320 g/mol. The van der Waals surface area contributed by atoms with E-state index in [9.17, 15) is 0 Å². The quantitative estimate of drug-likeness (QED) is 0.870. The third-order valence-corrected chi connectivity index (χ3v) is 6.60. The lowest BCUT2D eigenvalue weighted by atomic mass is 9.69. The second-order valence-corrected chi connectivity index (χ2v) is 8.02. The van der Waals surface area contributed by atoms with Crippen LogP contribution in [0.2, 0.25) is 0 Å². The van der Waals surface area contributed by atoms with Crippen molar-refractivity contribution in [2.45, 2.75) is 44.1 Å². The summed E-state index contributed by atoms with van der Waals surface area (Å²) in [5, 5.41) is 0. The number of rotatable bonds is 2. The minimum atomic E-state index is 0.0803. The molecule has 5 unspecified atom stereocenters. The maximum atomic E-state index is 6.87. The van der Waals surface area contributed by atoms with E-state index in [0.29, 0.717) is 0 Å². The molecule has 0 amide bonds. The second kappa shape index (κ2) is 4.33. The molecule has 19 heavy (non-hydrogen) atoms. The molecule has 2 heteroatoms. The molecule has 0 aromatic heterocycles. The molecule has 1 aromatic carbocycles. The lowest BCUT2D eigenvalue weighted by molar-refractivity contribution is 0.156. The summed E-state index contributed by atoms with van der Waals surface area (Å²) in [6.45, 7) is 0. The Morgan fingerprint density at radius 2 is 2.11 bits per heavy atom. The predicted molar refractivity (Wildman–Crippen MR) is 81.8 cm³/mol. The van der Waals surface area contributed by atoms with Crippen LogP contribution in [0.15, 0.2) is 28.7 Å². The second-order valence-electron chi connectivity index (χ2n) is 7.10. The van der Waals surface area contributed by atoms with Gasteiger partial charge in [0.15, 0.2) is 0 Å². The van der Waals surface area contributed by atoms with Crippen LogP contribution < -0.4 is 5.73 Å². The molecule has 0 saturated heterocycles. The van der Waals surface area contributed by atoms with Crippen LogP contribution in [0.5, 0.6) is 0 Å². The molecule has 3 fully saturated rings. The summed E-state index contributed by atoms with van der Waals surface area (Å²) in [6.07, 6.45) is 8.14. The van der Waals surface area contributed by atoms with Gasteiger partial charge in [0.25, 0.3) is 0 Å². The Bertz CT molecular complexity index is 500. The Morgan fingerprint density at radius 1 is 1.26 bits per heavy atom. The van der Waals surface area contributed by atoms with E-state index in [1.807, 2.05) is 0 Å². The molecule has 2 bridgehead atoms. The highest BCUT2D eigenvalue weighted by molar-refractivity contribution is 9.10. The average Bonchev–Trinajstić information content (AvgIpc) is 2.99. The highest BCUT2D eigenvalue weighted by Crippen LogP contribution is 2.62. The molecule has 4 rings (SSSR count). The molecule has 5 atom stereocenters. The molecule has 3 aliphatic carbocycles. The van der Waals surface area contributed by atoms with Gasteiger partial charge in [-0.2, -0.15) is 0 Å². The lowest BCUT2D eigenvalue weighted by Gasteiger charge is -2.40. The molecule has 0 aliphatic heterocycles. The Balaban J connectivity index is 1.58. The highest BCUT2D eigenvalue weighted by Gasteiger charge is 2.58. The van der Waals surface area contributed by atoms with Gasteiger partial charge in [0.1, 0.15) is 0 Å². The molecule has 3 saturated carbocycles. The zero-order valence-electron chi connectivity index (χ0n) is 11.3. The fourth-order valence-electron chi connectivity index (χ4n) is 5.54. The van der Waals surface area contributed by atoms with Crippen molar-refractivity contribution in [3.63, 3.8) is 0 Å². The number of halogens is 1. The molecule has 2 N–H and O–H groups in total. The van der Waals surface area contributed by atoms with Gasteiger partial charge in [0, 0.05) is 10.0 Å². The van der Waals surface area contributed by atoms with Crippen molar-refractivity contribution in [2.75, 3.05) is 0 Å². The molecule has 1 nitrogen and oxygen atoms in total. The number of hydrogen-bond acceptors (Lipinski definition) is 1. The monoisotopic (exact) mass is 319 g/mol. The van der Waals surface area contributed by atoms with E-state index in [1.165, 1.54) is 42.1 Å². The van der Waals surface area contributed by atoms with Crippen LogP contribution in [0.1, 0.15) is 37.7 Å². The van der Waals surface area contributed by atoms with Gasteiger partial charge in [0.05, 0.1) is 0 Å². The standard InChI is InChI=1S/C17H22BrN/c18-13-4-1-3-11(7-13)9-17(19)10-12-8-16(17)15-6-2-5-14(12)15/h1,3-4,7,12,14-16H,2,5-6,8-10,19H2. The van der Waals surface area contributed by atoms with Gasteiger partial charge in [-0.15, -0.1) is 0 Å². The summed E-state index contributed by atoms with van der Waals surface area (Å²) >= 11 is 3.57. The molecule has 3 aliphatic rings. The van der Waals surface area contributed by atoms with E-state index in [0.717, 1.165) is 30.1 Å². The zero-order chi connectivity index (χ0) is 13.0. The lowest BCUT2D eigenvalue weighted by Crippen LogP contribution is -2.50. The third-order valence-electron chi connectivity index (χ3n) is 6.11. The van der Waals surface area contributed by atoms with Crippen molar-refractivity contribution in [3.8, 4) is 0 Å². The number of nitrogens with two attached hydrogens (primary N) is 1. The summed E-state index contributed by atoms with van der Waals surface area (Å²) < 4.78 is 1.18. The summed E-state index contributed by atoms with van der Waals surface area (Å²) in [6, 6.07) is 8.71. The van der Waals surface area contributed by atoms with Crippen LogP contribution in [0.4, 0.5) is 0 Å². The highest BCUT2D eigenvalue weighted by atomic mass is 79.9. The number of benzene rings is 1. The molecular weight excluding hydrogens is 298 g/mol. The molecule has 0 radical (unpaired) electrons. The van der Waals surface area contributed by atoms with Crippen LogP contribution in [0, 0.1) is 23.7 Å². The van der Waals surface area contributed by atoms with Gasteiger partial charge in [-0.05, 0) is 73.5 Å². The predicted octanol–water partition coefficient (Wildman–Crippen LogP) is 4.15. The van der Waals surface area contributed by atoms with Crippen molar-refractivity contribution >= 4 is 15.9 Å². The van der Waals surface area contributed by atoms with E-state index >= 15 is 0 Å². The summed E-state index contributed by atoms with van der Waals surface area (Å²) in [5.41, 5.74) is 8.35. The van der Waals surface area contributed by atoms with Crippen LogP contribution in [0.25, 0.3) is 0 Å². The molecule has 0 heterocycles. The Labute approximate surface area is 124 Å². The Morgan fingerprint density at radius 3 is 2.95 bits per heavy atom. The minimum absolute atomic E-state index is 0.0803. The first-order chi connectivity index (χ1) is 9.16. The summed E-state index contributed by atoms with van der Waals surface area (Å²) in [7, 11) is 0. The van der Waals surface area contributed by atoms with Gasteiger partial charge >= 0.3 is 0 Å². The van der Waals surface area contributed by atoms with Gasteiger partial charge < -0.3 is 5.73 Å². The van der Waals surface area contributed by atoms with Crippen LogP contribution in [-0.2, 0) is 6.42 Å². The summed E-state index contributed by atoms with van der Waals surface area (Å²) in [4.78, 5) is 0. The van der Waals surface area contributed by atoms with Gasteiger partial charge in [-0.1, -0.05) is 34.5 Å².